The van der Waals surface area contributed by atoms with Crippen LogP contribution in [0.15, 0.2) is 18.5 Å². The fourth-order valence-corrected chi connectivity index (χ4v) is 4.33. The lowest BCUT2D eigenvalue weighted by atomic mass is 9.83. The van der Waals surface area contributed by atoms with Crippen LogP contribution in [-0.4, -0.2) is 53.1 Å². The highest BCUT2D eigenvalue weighted by Crippen LogP contribution is 2.42. The van der Waals surface area contributed by atoms with Gasteiger partial charge >= 0.3 is 0 Å². The molecule has 2 unspecified atom stereocenters. The van der Waals surface area contributed by atoms with Crippen molar-refractivity contribution in [1.82, 2.24) is 14.9 Å². The molecule has 0 bridgehead atoms. The average Bonchev–Trinajstić information content (AvgIpc) is 3.00. The number of rotatable bonds is 4. The summed E-state index contributed by atoms with van der Waals surface area (Å²) in [7, 11) is 0. The van der Waals surface area contributed by atoms with Gasteiger partial charge in [0.15, 0.2) is 0 Å². The van der Waals surface area contributed by atoms with Gasteiger partial charge in [0.25, 0.3) is 0 Å². The lowest BCUT2D eigenvalue weighted by Gasteiger charge is -2.48. The van der Waals surface area contributed by atoms with Crippen molar-refractivity contribution < 1.29 is 0 Å². The first-order valence-corrected chi connectivity index (χ1v) is 8.27. The minimum absolute atomic E-state index is 0.248. The molecule has 1 aliphatic heterocycles. The van der Waals surface area contributed by atoms with E-state index in [2.05, 4.69) is 26.7 Å². The van der Waals surface area contributed by atoms with Gasteiger partial charge in [-0.25, -0.2) is 9.97 Å². The van der Waals surface area contributed by atoms with Crippen molar-refractivity contribution in [3.05, 3.63) is 18.5 Å². The maximum atomic E-state index is 6.23. The minimum atomic E-state index is 0.248. The van der Waals surface area contributed by atoms with Crippen LogP contribution in [0.4, 0.5) is 5.95 Å². The van der Waals surface area contributed by atoms with Crippen molar-refractivity contribution in [1.29, 1.82) is 0 Å². The van der Waals surface area contributed by atoms with Gasteiger partial charge < -0.3 is 10.6 Å². The largest absolute Gasteiger partial charge is 0.338 e. The molecular formula is C16H27N5. The Morgan fingerprint density at radius 1 is 1.24 bits per heavy atom. The van der Waals surface area contributed by atoms with Crippen molar-refractivity contribution in [3.8, 4) is 0 Å². The highest BCUT2D eigenvalue weighted by molar-refractivity contribution is 5.29. The van der Waals surface area contributed by atoms with E-state index in [-0.39, 0.29) is 5.54 Å². The second kappa shape index (κ2) is 6.28. The van der Waals surface area contributed by atoms with Gasteiger partial charge in [-0.2, -0.15) is 0 Å². The predicted molar refractivity (Wildman–Crippen MR) is 85.2 cm³/mol. The molecule has 1 saturated heterocycles. The van der Waals surface area contributed by atoms with Crippen LogP contribution >= 0.6 is 0 Å². The molecule has 0 spiro atoms. The van der Waals surface area contributed by atoms with Crippen molar-refractivity contribution in [2.75, 3.05) is 37.6 Å². The first-order chi connectivity index (χ1) is 10.3. The van der Waals surface area contributed by atoms with E-state index in [1.165, 1.54) is 25.7 Å². The Morgan fingerprint density at radius 2 is 1.95 bits per heavy atom. The summed E-state index contributed by atoms with van der Waals surface area (Å²) in [5.74, 6) is 1.62. The van der Waals surface area contributed by atoms with Crippen molar-refractivity contribution in [2.45, 2.75) is 38.1 Å². The fraction of sp³-hybridized carbons (Fsp3) is 0.750. The minimum Gasteiger partial charge on any atom is -0.338 e. The zero-order valence-electron chi connectivity index (χ0n) is 13.0. The summed E-state index contributed by atoms with van der Waals surface area (Å²) in [6.45, 7) is 7.27. The third kappa shape index (κ3) is 2.64. The number of aromatic nitrogens is 2. The Bertz CT molecular complexity index is 443. The van der Waals surface area contributed by atoms with Gasteiger partial charge in [0.1, 0.15) is 0 Å². The molecule has 1 aromatic heterocycles. The summed E-state index contributed by atoms with van der Waals surface area (Å²) in [4.78, 5) is 13.7. The van der Waals surface area contributed by atoms with Gasteiger partial charge in [0.2, 0.25) is 5.95 Å². The molecule has 1 aliphatic carbocycles. The van der Waals surface area contributed by atoms with Crippen LogP contribution in [0, 0.1) is 5.92 Å². The first kappa shape index (κ1) is 14.7. The highest BCUT2D eigenvalue weighted by atomic mass is 15.3. The number of hydrogen-bond acceptors (Lipinski definition) is 5. The van der Waals surface area contributed by atoms with E-state index in [1.807, 2.05) is 18.5 Å². The average molecular weight is 289 g/mol. The van der Waals surface area contributed by atoms with Gasteiger partial charge in [-0.05, 0) is 24.8 Å². The maximum absolute atomic E-state index is 6.23. The molecule has 2 heterocycles. The van der Waals surface area contributed by atoms with Crippen molar-refractivity contribution in [2.24, 2.45) is 11.7 Å². The molecule has 0 aromatic carbocycles. The number of hydrogen-bond donors (Lipinski definition) is 1. The number of anilines is 1. The molecule has 1 aromatic rings. The van der Waals surface area contributed by atoms with Crippen molar-refractivity contribution >= 4 is 5.95 Å². The summed E-state index contributed by atoms with van der Waals surface area (Å²) in [6, 6.07) is 1.87. The van der Waals surface area contributed by atoms with Crippen LogP contribution in [0.5, 0.6) is 0 Å². The van der Waals surface area contributed by atoms with Crippen molar-refractivity contribution in [3.63, 3.8) is 0 Å². The molecule has 2 N–H and O–H groups in total. The lowest BCUT2D eigenvalue weighted by Crippen LogP contribution is -2.62. The molecule has 1 saturated carbocycles. The van der Waals surface area contributed by atoms with Gasteiger partial charge in [-0.3, -0.25) is 4.90 Å². The second-order valence-electron chi connectivity index (χ2n) is 6.33. The van der Waals surface area contributed by atoms with Crippen LogP contribution in [0.3, 0.4) is 0 Å². The Kier molecular flexibility index (Phi) is 4.40. The summed E-state index contributed by atoms with van der Waals surface area (Å²) in [5, 5.41) is 0. The van der Waals surface area contributed by atoms with E-state index in [0.717, 1.165) is 44.6 Å². The summed E-state index contributed by atoms with van der Waals surface area (Å²) in [6.07, 6.45) is 8.83. The summed E-state index contributed by atoms with van der Waals surface area (Å²) < 4.78 is 0. The normalized spacial score (nSPS) is 30.8. The summed E-state index contributed by atoms with van der Waals surface area (Å²) in [5.41, 5.74) is 6.48. The van der Waals surface area contributed by atoms with Gasteiger partial charge in [-0.15, -0.1) is 0 Å². The van der Waals surface area contributed by atoms with Crippen LogP contribution in [-0.2, 0) is 0 Å². The summed E-state index contributed by atoms with van der Waals surface area (Å²) >= 11 is 0. The monoisotopic (exact) mass is 289 g/mol. The first-order valence-electron chi connectivity index (χ1n) is 8.27. The van der Waals surface area contributed by atoms with E-state index < -0.39 is 0 Å². The van der Waals surface area contributed by atoms with Crippen LogP contribution in [0.2, 0.25) is 0 Å². The smallest absolute Gasteiger partial charge is 0.225 e. The fourth-order valence-electron chi connectivity index (χ4n) is 4.33. The Labute approximate surface area is 127 Å². The third-order valence-corrected chi connectivity index (χ3v) is 5.51. The molecule has 3 rings (SSSR count). The van der Waals surface area contributed by atoms with E-state index in [0.29, 0.717) is 0 Å². The molecule has 21 heavy (non-hydrogen) atoms. The molecule has 0 amide bonds. The van der Waals surface area contributed by atoms with E-state index in [4.69, 9.17) is 5.73 Å². The van der Waals surface area contributed by atoms with Crippen LogP contribution < -0.4 is 10.6 Å². The van der Waals surface area contributed by atoms with Crippen LogP contribution in [0.1, 0.15) is 32.6 Å². The maximum Gasteiger partial charge on any atom is 0.225 e. The van der Waals surface area contributed by atoms with Crippen LogP contribution in [0.25, 0.3) is 0 Å². The second-order valence-corrected chi connectivity index (χ2v) is 6.33. The molecule has 5 heteroatoms. The van der Waals surface area contributed by atoms with Gasteiger partial charge in [-0.1, -0.05) is 19.8 Å². The Morgan fingerprint density at radius 3 is 2.57 bits per heavy atom. The van der Waals surface area contributed by atoms with Gasteiger partial charge in [0.05, 0.1) is 0 Å². The van der Waals surface area contributed by atoms with Gasteiger partial charge in [0, 0.05) is 50.7 Å². The SMILES string of the molecule is CCC1CCCC1(CN)N1CCN(c2ncccn2)CC1. The van der Waals surface area contributed by atoms with E-state index >= 15 is 0 Å². The highest BCUT2D eigenvalue weighted by Gasteiger charge is 2.45. The topological polar surface area (TPSA) is 58.3 Å². The molecule has 2 atom stereocenters. The molecule has 2 fully saturated rings. The zero-order valence-corrected chi connectivity index (χ0v) is 13.0. The van der Waals surface area contributed by atoms with E-state index in [1.54, 1.807) is 0 Å². The molecule has 2 aliphatic rings. The number of nitrogens with zero attached hydrogens (tertiary/aromatic N) is 4. The molecular weight excluding hydrogens is 262 g/mol. The molecule has 116 valence electrons. The lowest BCUT2D eigenvalue weighted by molar-refractivity contribution is 0.0500. The molecule has 5 nitrogen and oxygen atoms in total. The Hall–Kier alpha value is -1.20. The molecule has 0 radical (unpaired) electrons. The Balaban J connectivity index is 1.67. The zero-order chi connectivity index (χ0) is 14.7. The standard InChI is InChI=1S/C16H27N5/c1-2-14-5-3-6-16(14,13-17)21-11-9-20(10-12-21)15-18-7-4-8-19-15/h4,7-8,14H,2-3,5-6,9-13,17H2,1H3. The predicted octanol–water partition coefficient (Wildman–Crippen LogP) is 1.51. The van der Waals surface area contributed by atoms with E-state index in [9.17, 15) is 0 Å². The number of piperazine rings is 1. The quantitative estimate of drug-likeness (QED) is 0.910. The number of nitrogens with two attached hydrogens (primary N) is 1. The third-order valence-electron chi connectivity index (χ3n) is 5.51.